The molecule has 0 spiro atoms. The Labute approximate surface area is 143 Å². The van der Waals surface area contributed by atoms with Crippen molar-refractivity contribution in [2.75, 3.05) is 29.9 Å². The van der Waals surface area contributed by atoms with E-state index in [1.807, 2.05) is 55.6 Å². The number of rotatable bonds is 4. The van der Waals surface area contributed by atoms with Crippen molar-refractivity contribution in [2.45, 2.75) is 19.8 Å². The number of carbonyl (C=O) groups excluding carboxylic acids is 1. The molecule has 126 valence electrons. The zero-order valence-electron chi connectivity index (χ0n) is 14.0. The first-order valence-electron chi connectivity index (χ1n) is 8.48. The quantitative estimate of drug-likeness (QED) is 0.906. The molecule has 1 aromatic heterocycles. The number of piperidine rings is 1. The van der Waals surface area contributed by atoms with Crippen LogP contribution >= 0.6 is 0 Å². The minimum atomic E-state index is -0.132. The molecule has 0 atom stereocenters. The fourth-order valence-corrected chi connectivity index (χ4v) is 3.04. The van der Waals surface area contributed by atoms with E-state index in [2.05, 4.69) is 20.5 Å². The molecular weight excluding hydrogens is 300 g/mol. The maximum absolute atomic E-state index is 12.0. The van der Waals surface area contributed by atoms with E-state index in [-0.39, 0.29) is 6.03 Å². The fraction of sp³-hybridized carbons (Fsp3) is 0.368. The maximum atomic E-state index is 12.0. The third kappa shape index (κ3) is 4.47. The highest BCUT2D eigenvalue weighted by molar-refractivity contribution is 5.89. The summed E-state index contributed by atoms with van der Waals surface area (Å²) in [5, 5.41) is 5.88. The van der Waals surface area contributed by atoms with Crippen LogP contribution in [0.3, 0.4) is 0 Å². The summed E-state index contributed by atoms with van der Waals surface area (Å²) in [7, 11) is 0. The molecule has 5 nitrogen and oxygen atoms in total. The Morgan fingerprint density at radius 3 is 2.75 bits per heavy atom. The van der Waals surface area contributed by atoms with E-state index >= 15 is 0 Å². The summed E-state index contributed by atoms with van der Waals surface area (Å²) in [4.78, 5) is 18.7. The van der Waals surface area contributed by atoms with Gasteiger partial charge in [-0.25, -0.2) is 9.78 Å². The molecular formula is C19H24N4O. The van der Waals surface area contributed by atoms with Gasteiger partial charge in [0.2, 0.25) is 0 Å². The summed E-state index contributed by atoms with van der Waals surface area (Å²) in [6.45, 7) is 4.71. The van der Waals surface area contributed by atoms with Gasteiger partial charge in [0.1, 0.15) is 5.82 Å². The second-order valence-corrected chi connectivity index (χ2v) is 6.32. The van der Waals surface area contributed by atoms with Crippen molar-refractivity contribution in [3.05, 3.63) is 54.2 Å². The predicted molar refractivity (Wildman–Crippen MR) is 97.4 cm³/mol. The minimum Gasteiger partial charge on any atom is -0.357 e. The highest BCUT2D eigenvalue weighted by atomic mass is 16.2. The highest BCUT2D eigenvalue weighted by Crippen LogP contribution is 2.21. The summed E-state index contributed by atoms with van der Waals surface area (Å²) in [6, 6.07) is 13.7. The van der Waals surface area contributed by atoms with E-state index in [9.17, 15) is 4.79 Å². The van der Waals surface area contributed by atoms with Crippen LogP contribution in [0, 0.1) is 12.8 Å². The Kier molecular flexibility index (Phi) is 5.31. The number of nitrogens with zero attached hydrogens (tertiary/aromatic N) is 2. The fourth-order valence-electron chi connectivity index (χ4n) is 3.04. The maximum Gasteiger partial charge on any atom is 0.319 e. The summed E-state index contributed by atoms with van der Waals surface area (Å²) in [5.41, 5.74) is 1.96. The second kappa shape index (κ2) is 7.81. The zero-order valence-corrected chi connectivity index (χ0v) is 14.0. The van der Waals surface area contributed by atoms with Crippen LogP contribution in [-0.4, -0.2) is 30.6 Å². The van der Waals surface area contributed by atoms with Crippen LogP contribution < -0.4 is 15.5 Å². The van der Waals surface area contributed by atoms with Gasteiger partial charge < -0.3 is 15.5 Å². The average Bonchev–Trinajstić information content (AvgIpc) is 2.61. The van der Waals surface area contributed by atoms with Crippen LogP contribution in [-0.2, 0) is 0 Å². The lowest BCUT2D eigenvalue weighted by Crippen LogP contribution is -2.40. The Morgan fingerprint density at radius 1 is 1.21 bits per heavy atom. The van der Waals surface area contributed by atoms with Gasteiger partial charge in [0.25, 0.3) is 0 Å². The molecule has 1 aliphatic heterocycles. The number of aryl methyl sites for hydroxylation is 1. The molecule has 0 aliphatic carbocycles. The van der Waals surface area contributed by atoms with Crippen LogP contribution in [0.25, 0.3) is 0 Å². The highest BCUT2D eigenvalue weighted by Gasteiger charge is 2.20. The molecule has 1 aliphatic rings. The van der Waals surface area contributed by atoms with Crippen molar-refractivity contribution >= 4 is 17.5 Å². The SMILES string of the molecule is Cc1cccc(NC(=O)NCC2CCN(c3ccccn3)CC2)c1. The minimum absolute atomic E-state index is 0.132. The Morgan fingerprint density at radius 2 is 2.04 bits per heavy atom. The lowest BCUT2D eigenvalue weighted by atomic mass is 9.97. The van der Waals surface area contributed by atoms with Gasteiger partial charge in [-0.3, -0.25) is 0 Å². The lowest BCUT2D eigenvalue weighted by Gasteiger charge is -2.32. The number of urea groups is 1. The molecule has 24 heavy (non-hydrogen) atoms. The third-order valence-corrected chi connectivity index (χ3v) is 4.42. The number of nitrogens with one attached hydrogen (secondary N) is 2. The molecule has 5 heteroatoms. The first-order valence-corrected chi connectivity index (χ1v) is 8.48. The van der Waals surface area contributed by atoms with Gasteiger partial charge in [0.05, 0.1) is 0 Å². The lowest BCUT2D eigenvalue weighted by molar-refractivity contribution is 0.248. The van der Waals surface area contributed by atoms with Gasteiger partial charge in [-0.05, 0) is 55.5 Å². The van der Waals surface area contributed by atoms with E-state index in [0.29, 0.717) is 12.5 Å². The Bertz CT molecular complexity index is 666. The number of aromatic nitrogens is 1. The number of pyridine rings is 1. The normalized spacial score (nSPS) is 15.1. The number of benzene rings is 1. The topological polar surface area (TPSA) is 57.3 Å². The molecule has 0 saturated carbocycles. The molecule has 0 unspecified atom stereocenters. The molecule has 0 radical (unpaired) electrons. The first-order chi connectivity index (χ1) is 11.7. The summed E-state index contributed by atoms with van der Waals surface area (Å²) >= 11 is 0. The van der Waals surface area contributed by atoms with Crippen molar-refractivity contribution in [3.63, 3.8) is 0 Å². The van der Waals surface area contributed by atoms with E-state index in [1.54, 1.807) is 0 Å². The van der Waals surface area contributed by atoms with Crippen LogP contribution in [0.15, 0.2) is 48.7 Å². The van der Waals surface area contributed by atoms with E-state index < -0.39 is 0 Å². The standard InChI is InChI=1S/C19H24N4O/c1-15-5-4-6-17(13-15)22-19(24)21-14-16-8-11-23(12-9-16)18-7-2-3-10-20-18/h2-7,10,13,16H,8-9,11-12,14H2,1H3,(H2,21,22,24). The first kappa shape index (κ1) is 16.3. The number of carbonyl (C=O) groups is 1. The van der Waals surface area contributed by atoms with Crippen molar-refractivity contribution in [1.29, 1.82) is 0 Å². The number of anilines is 2. The van der Waals surface area contributed by atoms with E-state index in [4.69, 9.17) is 0 Å². The van der Waals surface area contributed by atoms with E-state index in [1.165, 1.54) is 0 Å². The molecule has 3 rings (SSSR count). The van der Waals surface area contributed by atoms with E-state index in [0.717, 1.165) is 43.0 Å². The van der Waals surface area contributed by atoms with Gasteiger partial charge in [0, 0.05) is 31.5 Å². The number of hydrogen-bond donors (Lipinski definition) is 2. The molecule has 2 N–H and O–H groups in total. The van der Waals surface area contributed by atoms with Crippen molar-refractivity contribution in [2.24, 2.45) is 5.92 Å². The zero-order chi connectivity index (χ0) is 16.8. The van der Waals surface area contributed by atoms with Gasteiger partial charge in [0.15, 0.2) is 0 Å². The third-order valence-electron chi connectivity index (χ3n) is 4.42. The second-order valence-electron chi connectivity index (χ2n) is 6.32. The van der Waals surface area contributed by atoms with Crippen LogP contribution in [0.1, 0.15) is 18.4 Å². The molecule has 1 fully saturated rings. The smallest absolute Gasteiger partial charge is 0.319 e. The summed E-state index contributed by atoms with van der Waals surface area (Å²) < 4.78 is 0. The molecule has 2 amide bonds. The summed E-state index contributed by atoms with van der Waals surface area (Å²) in [6.07, 6.45) is 3.97. The number of amides is 2. The van der Waals surface area contributed by atoms with Gasteiger partial charge in [-0.15, -0.1) is 0 Å². The molecule has 2 aromatic rings. The number of hydrogen-bond acceptors (Lipinski definition) is 3. The van der Waals surface area contributed by atoms with Crippen molar-refractivity contribution in [1.82, 2.24) is 10.3 Å². The monoisotopic (exact) mass is 324 g/mol. The van der Waals surface area contributed by atoms with Crippen LogP contribution in [0.2, 0.25) is 0 Å². The van der Waals surface area contributed by atoms with Gasteiger partial charge in [-0.2, -0.15) is 0 Å². The molecule has 0 bridgehead atoms. The predicted octanol–water partition coefficient (Wildman–Crippen LogP) is 3.43. The molecule has 2 heterocycles. The van der Waals surface area contributed by atoms with Crippen molar-refractivity contribution in [3.8, 4) is 0 Å². The van der Waals surface area contributed by atoms with Crippen LogP contribution in [0.5, 0.6) is 0 Å². The van der Waals surface area contributed by atoms with Crippen molar-refractivity contribution < 1.29 is 4.79 Å². The van der Waals surface area contributed by atoms with Gasteiger partial charge in [-0.1, -0.05) is 18.2 Å². The van der Waals surface area contributed by atoms with Gasteiger partial charge >= 0.3 is 6.03 Å². The van der Waals surface area contributed by atoms with Crippen LogP contribution in [0.4, 0.5) is 16.3 Å². The Hall–Kier alpha value is -2.56. The largest absolute Gasteiger partial charge is 0.357 e. The Balaban J connectivity index is 1.41. The molecule has 1 saturated heterocycles. The average molecular weight is 324 g/mol. The summed E-state index contributed by atoms with van der Waals surface area (Å²) in [5.74, 6) is 1.56. The molecule has 1 aromatic carbocycles.